The van der Waals surface area contributed by atoms with Gasteiger partial charge in [0, 0.05) is 30.9 Å². The molecule has 3 rings (SSSR count). The predicted octanol–water partition coefficient (Wildman–Crippen LogP) is 3.77. The third-order valence-corrected chi connectivity index (χ3v) is 6.53. The largest absolute Gasteiger partial charge is 0.289 e. The van der Waals surface area contributed by atoms with Crippen molar-refractivity contribution in [3.63, 3.8) is 0 Å². The number of aromatic nitrogens is 2. The summed E-state index contributed by atoms with van der Waals surface area (Å²) in [6.45, 7) is 3.68. The zero-order chi connectivity index (χ0) is 22.1. The number of rotatable bonds is 6. The maximum Gasteiger partial charge on any atom is 0.242 e. The Morgan fingerprint density at radius 3 is 2.40 bits per heavy atom. The van der Waals surface area contributed by atoms with Crippen molar-refractivity contribution in [2.75, 3.05) is 14.1 Å². The van der Waals surface area contributed by atoms with Gasteiger partial charge in [-0.2, -0.15) is 5.10 Å². The molecule has 2 aromatic carbocycles. The monoisotopic (exact) mass is 427 g/mol. The van der Waals surface area contributed by atoms with Gasteiger partial charge in [0.1, 0.15) is 5.82 Å². The van der Waals surface area contributed by atoms with E-state index in [0.29, 0.717) is 11.4 Å². The number of hydrogen-bond acceptors (Lipinski definition) is 4. The Labute approximate surface area is 175 Å². The summed E-state index contributed by atoms with van der Waals surface area (Å²) in [5.41, 5.74) is 3.27. The lowest BCUT2D eigenvalue weighted by atomic mass is 10.1. The maximum absolute atomic E-state index is 13.2. The Balaban J connectivity index is 1.90. The van der Waals surface area contributed by atoms with E-state index in [9.17, 15) is 17.6 Å². The van der Waals surface area contributed by atoms with Crippen molar-refractivity contribution in [3.8, 4) is 5.69 Å². The van der Waals surface area contributed by atoms with Crippen LogP contribution in [0.15, 0.2) is 59.5 Å². The summed E-state index contributed by atoms with van der Waals surface area (Å²) < 4.78 is 40.6. The van der Waals surface area contributed by atoms with Gasteiger partial charge in [0.15, 0.2) is 5.78 Å². The Bertz CT molecular complexity index is 1230. The molecule has 1 heterocycles. The number of carbonyl (C=O) groups is 1. The average Bonchev–Trinajstić information content (AvgIpc) is 3.00. The van der Waals surface area contributed by atoms with Crippen LogP contribution in [0.3, 0.4) is 0 Å². The first kappa shape index (κ1) is 21.6. The lowest BCUT2D eigenvalue weighted by Gasteiger charge is -2.11. The smallest absolute Gasteiger partial charge is 0.242 e. The van der Waals surface area contributed by atoms with Crippen LogP contribution in [0.5, 0.6) is 0 Å². The molecular weight excluding hydrogens is 405 g/mol. The molecule has 0 amide bonds. The van der Waals surface area contributed by atoms with Crippen molar-refractivity contribution < 1.29 is 17.6 Å². The van der Waals surface area contributed by atoms with Crippen LogP contribution in [-0.4, -0.2) is 42.4 Å². The molecule has 0 radical (unpaired) electrons. The summed E-state index contributed by atoms with van der Waals surface area (Å²) in [5, 5.41) is 4.47. The second-order valence-corrected chi connectivity index (χ2v) is 9.14. The second-order valence-electron chi connectivity index (χ2n) is 6.99. The Morgan fingerprint density at radius 1 is 1.10 bits per heavy atom. The fourth-order valence-electron chi connectivity index (χ4n) is 3.01. The first-order valence-electron chi connectivity index (χ1n) is 9.18. The molecule has 0 aliphatic carbocycles. The Kier molecular flexibility index (Phi) is 6.00. The van der Waals surface area contributed by atoms with Gasteiger partial charge < -0.3 is 0 Å². The molecule has 0 aliphatic rings. The van der Waals surface area contributed by atoms with E-state index in [1.165, 1.54) is 44.4 Å². The van der Waals surface area contributed by atoms with Crippen LogP contribution in [0, 0.1) is 19.7 Å². The van der Waals surface area contributed by atoms with Crippen LogP contribution in [0.25, 0.3) is 11.8 Å². The van der Waals surface area contributed by atoms with Crippen LogP contribution in [0.2, 0.25) is 0 Å². The third kappa shape index (κ3) is 4.24. The first-order chi connectivity index (χ1) is 14.1. The molecule has 0 atom stereocenters. The Hall–Kier alpha value is -3.10. The predicted molar refractivity (Wildman–Crippen MR) is 114 cm³/mol. The van der Waals surface area contributed by atoms with Crippen molar-refractivity contribution in [1.82, 2.24) is 14.1 Å². The van der Waals surface area contributed by atoms with E-state index in [0.717, 1.165) is 15.6 Å². The minimum atomic E-state index is -3.63. The molecule has 0 spiro atoms. The highest BCUT2D eigenvalue weighted by Crippen LogP contribution is 2.21. The van der Waals surface area contributed by atoms with Gasteiger partial charge in [-0.05, 0) is 62.4 Å². The normalized spacial score (nSPS) is 12.1. The number of ketones is 1. The van der Waals surface area contributed by atoms with Crippen LogP contribution >= 0.6 is 0 Å². The fourth-order valence-corrected chi connectivity index (χ4v) is 3.95. The summed E-state index contributed by atoms with van der Waals surface area (Å²) in [7, 11) is -0.750. The minimum Gasteiger partial charge on any atom is -0.289 e. The number of halogens is 1. The molecule has 30 heavy (non-hydrogen) atoms. The molecule has 6 nitrogen and oxygen atoms in total. The van der Waals surface area contributed by atoms with Gasteiger partial charge in [-0.15, -0.1) is 0 Å². The summed E-state index contributed by atoms with van der Waals surface area (Å²) in [5.74, 6) is -0.649. The molecule has 0 saturated heterocycles. The average molecular weight is 428 g/mol. The zero-order valence-corrected chi connectivity index (χ0v) is 17.9. The number of benzene rings is 2. The van der Waals surface area contributed by atoms with E-state index in [-0.39, 0.29) is 22.1 Å². The summed E-state index contributed by atoms with van der Waals surface area (Å²) in [6.07, 6.45) is 3.06. The highest BCUT2D eigenvalue weighted by Gasteiger charge is 2.18. The lowest BCUT2D eigenvalue weighted by molar-refractivity contribution is 0.104. The van der Waals surface area contributed by atoms with E-state index in [1.54, 1.807) is 35.0 Å². The summed E-state index contributed by atoms with van der Waals surface area (Å²) in [6, 6.07) is 11.9. The molecule has 0 bridgehead atoms. The van der Waals surface area contributed by atoms with Gasteiger partial charge in [-0.3, -0.25) is 4.79 Å². The van der Waals surface area contributed by atoms with Crippen molar-refractivity contribution in [2.45, 2.75) is 18.7 Å². The lowest BCUT2D eigenvalue weighted by Crippen LogP contribution is -2.22. The molecule has 0 aliphatic heterocycles. The number of aryl methyl sites for hydroxylation is 1. The summed E-state index contributed by atoms with van der Waals surface area (Å²) in [4.78, 5) is 12.7. The van der Waals surface area contributed by atoms with Crippen molar-refractivity contribution >= 4 is 21.9 Å². The number of allylic oxidation sites excluding steroid dienone is 1. The molecule has 1 aromatic heterocycles. The minimum absolute atomic E-state index is 0.0586. The quantitative estimate of drug-likeness (QED) is 0.443. The molecule has 0 unspecified atom stereocenters. The number of nitrogens with zero attached hydrogens (tertiary/aromatic N) is 3. The first-order valence-corrected chi connectivity index (χ1v) is 10.6. The molecule has 3 aromatic rings. The van der Waals surface area contributed by atoms with Crippen LogP contribution in [-0.2, 0) is 10.0 Å². The highest BCUT2D eigenvalue weighted by atomic mass is 32.2. The van der Waals surface area contributed by atoms with Gasteiger partial charge in [0.05, 0.1) is 16.3 Å². The van der Waals surface area contributed by atoms with Gasteiger partial charge in [-0.25, -0.2) is 21.8 Å². The third-order valence-electron chi connectivity index (χ3n) is 4.72. The molecule has 0 N–H and O–H groups in total. The van der Waals surface area contributed by atoms with Crippen LogP contribution in [0.1, 0.15) is 27.3 Å². The number of carbonyl (C=O) groups excluding carboxylic acids is 1. The van der Waals surface area contributed by atoms with Gasteiger partial charge in [0.25, 0.3) is 0 Å². The molecule has 0 saturated carbocycles. The van der Waals surface area contributed by atoms with E-state index in [2.05, 4.69) is 5.10 Å². The highest BCUT2D eigenvalue weighted by molar-refractivity contribution is 7.89. The number of sulfonamides is 1. The maximum atomic E-state index is 13.2. The van der Waals surface area contributed by atoms with Crippen molar-refractivity contribution in [3.05, 3.63) is 82.9 Å². The molecule has 8 heteroatoms. The van der Waals surface area contributed by atoms with Gasteiger partial charge in [0.2, 0.25) is 10.0 Å². The fraction of sp³-hybridized carbons (Fsp3) is 0.182. The van der Waals surface area contributed by atoms with E-state index >= 15 is 0 Å². The topological polar surface area (TPSA) is 72.3 Å². The van der Waals surface area contributed by atoms with Crippen LogP contribution in [0.4, 0.5) is 4.39 Å². The van der Waals surface area contributed by atoms with E-state index < -0.39 is 10.0 Å². The summed E-state index contributed by atoms with van der Waals surface area (Å²) >= 11 is 0. The van der Waals surface area contributed by atoms with Crippen molar-refractivity contribution in [2.24, 2.45) is 0 Å². The van der Waals surface area contributed by atoms with E-state index in [1.807, 2.05) is 13.8 Å². The van der Waals surface area contributed by atoms with Gasteiger partial charge in [-0.1, -0.05) is 12.1 Å². The number of hydrogen-bond donors (Lipinski definition) is 0. The molecular formula is C22H22FN3O3S. The van der Waals surface area contributed by atoms with Gasteiger partial charge >= 0.3 is 0 Å². The zero-order valence-electron chi connectivity index (χ0n) is 17.1. The standard InChI is InChI=1S/C22H22FN3O3S/c1-15-21(16(2)26(24-15)19-10-8-18(23)9-11-19)12-13-22(27)17-6-5-7-20(14-17)30(28,29)25(3)4/h5-14H,1-4H3. The Morgan fingerprint density at radius 2 is 1.77 bits per heavy atom. The SMILES string of the molecule is Cc1nn(-c2ccc(F)cc2)c(C)c1C=CC(=O)c1cccc(S(=O)(=O)N(C)C)c1. The van der Waals surface area contributed by atoms with Crippen LogP contribution < -0.4 is 0 Å². The van der Waals surface area contributed by atoms with Crippen molar-refractivity contribution in [1.29, 1.82) is 0 Å². The van der Waals surface area contributed by atoms with E-state index in [4.69, 9.17) is 0 Å². The second kappa shape index (κ2) is 8.33. The molecule has 0 fully saturated rings. The molecule has 156 valence electrons.